The zero-order valence-corrected chi connectivity index (χ0v) is 29.6. The van der Waals surface area contributed by atoms with Crippen molar-refractivity contribution in [2.24, 2.45) is 0 Å². The highest BCUT2D eigenvalue weighted by Crippen LogP contribution is 2.36. The third-order valence-electron chi connectivity index (χ3n) is 7.85. The molecule has 1 atom stereocenters. The van der Waals surface area contributed by atoms with E-state index >= 15 is 0 Å². The summed E-state index contributed by atoms with van der Waals surface area (Å²) in [5.41, 5.74) is 2.93. The van der Waals surface area contributed by atoms with E-state index in [0.29, 0.717) is 40.5 Å². The van der Waals surface area contributed by atoms with Crippen molar-refractivity contribution in [2.75, 3.05) is 31.5 Å². The number of benzene rings is 5. The largest absolute Gasteiger partial charge is 0.496 e. The van der Waals surface area contributed by atoms with E-state index in [-0.39, 0.29) is 16.9 Å². The lowest BCUT2D eigenvalue weighted by Gasteiger charge is -2.27. The number of rotatable bonds is 14. The van der Waals surface area contributed by atoms with E-state index in [1.807, 2.05) is 79.7 Å². The molecule has 0 heterocycles. The maximum atomic E-state index is 14.0. The molecule has 5 rings (SSSR count). The van der Waals surface area contributed by atoms with Crippen LogP contribution in [0.1, 0.15) is 29.3 Å². The van der Waals surface area contributed by atoms with E-state index in [2.05, 4.69) is 10.6 Å². The van der Waals surface area contributed by atoms with Crippen LogP contribution in [-0.2, 0) is 9.59 Å². The molecular weight excluding hydrogens is 663 g/mol. The number of carbonyl (C=O) groups is 3. The summed E-state index contributed by atoms with van der Waals surface area (Å²) in [6.07, 6.45) is 2.12. The Morgan fingerprint density at radius 1 is 0.706 bits per heavy atom. The van der Waals surface area contributed by atoms with Gasteiger partial charge in [-0.2, -0.15) is 0 Å². The third-order valence-corrected chi connectivity index (χ3v) is 9.21. The fourth-order valence-electron chi connectivity index (χ4n) is 5.25. The lowest BCUT2D eigenvalue weighted by molar-refractivity contribution is -0.117. The number of nitrogens with zero attached hydrogens (tertiary/aromatic N) is 1. The van der Waals surface area contributed by atoms with Crippen molar-refractivity contribution in [3.05, 3.63) is 144 Å². The number of anilines is 3. The molecule has 0 aromatic heterocycles. The normalized spacial score (nSPS) is 11.6. The summed E-state index contributed by atoms with van der Waals surface area (Å²) in [5, 5.41) is 5.26. The molecule has 9 nitrogen and oxygen atoms in total. The van der Waals surface area contributed by atoms with Gasteiger partial charge in [0.05, 0.1) is 26.6 Å². The Kier molecular flexibility index (Phi) is 12.5. The van der Waals surface area contributed by atoms with Gasteiger partial charge in [0.15, 0.2) is 11.5 Å². The number of methoxy groups -OCH3 is 3. The summed E-state index contributed by atoms with van der Waals surface area (Å²) in [4.78, 5) is 43.6. The molecule has 0 bridgehead atoms. The first-order chi connectivity index (χ1) is 24.8. The van der Waals surface area contributed by atoms with Gasteiger partial charge in [0.25, 0.3) is 11.8 Å². The zero-order valence-electron chi connectivity index (χ0n) is 28.8. The molecule has 1 unspecified atom stereocenters. The third kappa shape index (κ3) is 9.17. The molecule has 0 spiro atoms. The molecule has 0 radical (unpaired) electrons. The van der Waals surface area contributed by atoms with Crippen LogP contribution in [-0.4, -0.2) is 44.3 Å². The summed E-state index contributed by atoms with van der Waals surface area (Å²) >= 11 is 1.46. The Labute approximate surface area is 302 Å². The molecule has 51 heavy (non-hydrogen) atoms. The number of ether oxygens (including phenoxy) is 3. The highest BCUT2D eigenvalue weighted by molar-refractivity contribution is 8.00. The van der Waals surface area contributed by atoms with Gasteiger partial charge in [-0.05, 0) is 79.2 Å². The topological polar surface area (TPSA) is 106 Å². The molecular formula is C41H39N3O6S. The molecule has 0 aliphatic carbocycles. The predicted molar refractivity (Wildman–Crippen MR) is 203 cm³/mol. The van der Waals surface area contributed by atoms with E-state index in [4.69, 9.17) is 14.2 Å². The minimum Gasteiger partial charge on any atom is -0.496 e. The van der Waals surface area contributed by atoms with Crippen molar-refractivity contribution in [3.63, 3.8) is 0 Å². The Bertz CT molecular complexity index is 1930. The van der Waals surface area contributed by atoms with E-state index in [1.165, 1.54) is 39.2 Å². The number of amides is 3. The van der Waals surface area contributed by atoms with Gasteiger partial charge in [-0.15, -0.1) is 11.8 Å². The second-order valence-electron chi connectivity index (χ2n) is 11.2. The minimum absolute atomic E-state index is 0.0219. The van der Waals surface area contributed by atoms with Gasteiger partial charge in [-0.3, -0.25) is 19.3 Å². The summed E-state index contributed by atoms with van der Waals surface area (Å²) in [6, 6.07) is 38.3. The highest BCUT2D eigenvalue weighted by atomic mass is 32.2. The smallest absolute Gasteiger partial charge is 0.272 e. The van der Waals surface area contributed by atoms with E-state index in [9.17, 15) is 14.4 Å². The SMILES string of the molecule is CCC(Sc1ccc(NC(=O)/C(=C/c2cc(OC)c(OC)cc2OC)NC(=O)c2ccccc2)cc1)C(=O)N(c1ccccc1)c1ccccc1. The van der Waals surface area contributed by atoms with Crippen LogP contribution in [0.3, 0.4) is 0 Å². The number of hydrogen-bond donors (Lipinski definition) is 2. The fourth-order valence-corrected chi connectivity index (χ4v) is 6.25. The monoisotopic (exact) mass is 701 g/mol. The number of hydrogen-bond acceptors (Lipinski definition) is 7. The van der Waals surface area contributed by atoms with Crippen molar-refractivity contribution < 1.29 is 28.6 Å². The zero-order chi connectivity index (χ0) is 36.2. The minimum atomic E-state index is -0.556. The standard InChI is InChI=1S/C41H39N3O6S/c1-5-38(41(47)44(31-17-11-7-12-18-31)32-19-13-8-14-20-32)51-33-23-21-30(22-24-33)42-40(46)34(43-39(45)28-15-9-6-10-16-28)25-29-26-36(49-3)37(50-4)27-35(29)48-2/h6-27,38H,5H2,1-4H3,(H,42,46)(H,43,45)/b34-25-. The molecule has 260 valence electrons. The van der Waals surface area contributed by atoms with Gasteiger partial charge in [0, 0.05) is 39.2 Å². The lowest BCUT2D eigenvalue weighted by atomic mass is 10.1. The van der Waals surface area contributed by atoms with Crippen LogP contribution >= 0.6 is 11.8 Å². The molecule has 3 amide bonds. The molecule has 5 aromatic rings. The molecule has 0 aliphatic rings. The van der Waals surface area contributed by atoms with Crippen LogP contribution in [0.2, 0.25) is 0 Å². The van der Waals surface area contributed by atoms with Crippen molar-refractivity contribution in [3.8, 4) is 17.2 Å². The number of carbonyl (C=O) groups excluding carboxylic acids is 3. The summed E-state index contributed by atoms with van der Waals surface area (Å²) < 4.78 is 16.4. The van der Waals surface area contributed by atoms with Crippen LogP contribution in [0, 0.1) is 0 Å². The van der Waals surface area contributed by atoms with Gasteiger partial charge in [0.1, 0.15) is 11.4 Å². The van der Waals surface area contributed by atoms with Crippen LogP contribution in [0.15, 0.2) is 138 Å². The van der Waals surface area contributed by atoms with Crippen LogP contribution in [0.25, 0.3) is 6.08 Å². The Morgan fingerprint density at radius 2 is 1.24 bits per heavy atom. The van der Waals surface area contributed by atoms with Crippen LogP contribution in [0.5, 0.6) is 17.2 Å². The first-order valence-electron chi connectivity index (χ1n) is 16.2. The van der Waals surface area contributed by atoms with Crippen molar-refractivity contribution in [1.82, 2.24) is 5.32 Å². The first kappa shape index (κ1) is 36.3. The lowest BCUT2D eigenvalue weighted by Crippen LogP contribution is -2.34. The maximum absolute atomic E-state index is 14.0. The van der Waals surface area contributed by atoms with Crippen molar-refractivity contribution in [1.29, 1.82) is 0 Å². The summed E-state index contributed by atoms with van der Waals surface area (Å²) in [7, 11) is 4.52. The Balaban J connectivity index is 1.37. The Morgan fingerprint density at radius 3 is 1.76 bits per heavy atom. The quantitative estimate of drug-likeness (QED) is 0.0886. The Hall–Kier alpha value is -6.00. The van der Waals surface area contributed by atoms with E-state index in [1.54, 1.807) is 59.5 Å². The average Bonchev–Trinajstić information content (AvgIpc) is 3.18. The molecule has 2 N–H and O–H groups in total. The second-order valence-corrected chi connectivity index (χ2v) is 12.4. The summed E-state index contributed by atoms with van der Waals surface area (Å²) in [6.45, 7) is 1.99. The van der Waals surface area contributed by atoms with Gasteiger partial charge >= 0.3 is 0 Å². The van der Waals surface area contributed by atoms with Crippen molar-refractivity contribution >= 4 is 52.6 Å². The van der Waals surface area contributed by atoms with Gasteiger partial charge in [-0.1, -0.05) is 61.5 Å². The molecule has 5 aromatic carbocycles. The van der Waals surface area contributed by atoms with E-state index in [0.717, 1.165) is 16.3 Å². The van der Waals surface area contributed by atoms with Crippen molar-refractivity contribution in [2.45, 2.75) is 23.5 Å². The second kappa shape index (κ2) is 17.6. The number of nitrogens with one attached hydrogen (secondary N) is 2. The number of thioether (sulfide) groups is 1. The maximum Gasteiger partial charge on any atom is 0.272 e. The fraction of sp³-hybridized carbons (Fsp3) is 0.146. The first-order valence-corrected chi connectivity index (χ1v) is 17.1. The highest BCUT2D eigenvalue weighted by Gasteiger charge is 2.27. The molecule has 0 aliphatic heterocycles. The van der Waals surface area contributed by atoms with E-state index < -0.39 is 11.8 Å². The molecule has 0 saturated carbocycles. The van der Waals surface area contributed by atoms with Crippen LogP contribution < -0.4 is 29.7 Å². The summed E-state index contributed by atoms with van der Waals surface area (Å²) in [5.74, 6) is 0.228. The van der Waals surface area contributed by atoms with Crippen LogP contribution in [0.4, 0.5) is 17.1 Å². The van der Waals surface area contributed by atoms with Gasteiger partial charge < -0.3 is 24.8 Å². The molecule has 0 saturated heterocycles. The number of para-hydroxylation sites is 2. The molecule has 10 heteroatoms. The van der Waals surface area contributed by atoms with Gasteiger partial charge in [-0.25, -0.2) is 0 Å². The predicted octanol–water partition coefficient (Wildman–Crippen LogP) is 8.36. The average molecular weight is 702 g/mol. The van der Waals surface area contributed by atoms with Gasteiger partial charge in [0.2, 0.25) is 5.91 Å². The molecule has 0 fully saturated rings.